The fourth-order valence-corrected chi connectivity index (χ4v) is 2.39. The summed E-state index contributed by atoms with van der Waals surface area (Å²) >= 11 is 0. The number of hydrogen-bond acceptors (Lipinski definition) is 5. The first-order valence-electron chi connectivity index (χ1n) is 8.23. The van der Waals surface area contributed by atoms with E-state index in [2.05, 4.69) is 37.9 Å². The van der Waals surface area contributed by atoms with E-state index >= 15 is 0 Å². The molecule has 0 unspecified atom stereocenters. The van der Waals surface area contributed by atoms with Gasteiger partial charge in [-0.3, -0.25) is 4.79 Å². The van der Waals surface area contributed by atoms with Gasteiger partial charge in [-0.15, -0.1) is 10.2 Å². The van der Waals surface area contributed by atoms with Crippen LogP contribution in [0, 0.1) is 11.8 Å². The minimum absolute atomic E-state index is 0.0124. The molecule has 1 heterocycles. The molecule has 0 saturated heterocycles. The Balaban J connectivity index is 1.92. The summed E-state index contributed by atoms with van der Waals surface area (Å²) in [6.07, 6.45) is 1.29. The molecule has 0 saturated carbocycles. The van der Waals surface area contributed by atoms with E-state index in [1.807, 2.05) is 17.0 Å². The Hall–Kier alpha value is -2.37. The monoisotopic (exact) mass is 331 g/mol. The van der Waals surface area contributed by atoms with Gasteiger partial charge in [0.15, 0.2) is 6.61 Å². The van der Waals surface area contributed by atoms with Crippen molar-refractivity contribution < 1.29 is 13.9 Å². The summed E-state index contributed by atoms with van der Waals surface area (Å²) in [5.41, 5.74) is 0.812. The molecule has 130 valence electrons. The summed E-state index contributed by atoms with van der Waals surface area (Å²) in [6, 6.07) is 7.24. The molecule has 1 aromatic carbocycles. The largest absolute Gasteiger partial charge is 0.484 e. The average molecular weight is 331 g/mol. The molecular formula is C18H25N3O3. The molecule has 6 nitrogen and oxygen atoms in total. The predicted molar refractivity (Wildman–Crippen MR) is 91.5 cm³/mol. The Bertz CT molecular complexity index is 611. The zero-order valence-corrected chi connectivity index (χ0v) is 14.7. The highest BCUT2D eigenvalue weighted by Gasteiger charge is 2.17. The van der Waals surface area contributed by atoms with Crippen molar-refractivity contribution in [3.63, 3.8) is 0 Å². The first kappa shape index (κ1) is 18.0. The fraction of sp³-hybridized carbons (Fsp3) is 0.500. The Kier molecular flexibility index (Phi) is 6.35. The van der Waals surface area contributed by atoms with Crippen LogP contribution in [0.1, 0.15) is 27.7 Å². The number of nitrogens with zero attached hydrogens (tertiary/aromatic N) is 3. The Morgan fingerprint density at radius 2 is 1.75 bits per heavy atom. The predicted octanol–water partition coefficient (Wildman–Crippen LogP) is 3.26. The van der Waals surface area contributed by atoms with E-state index in [1.54, 1.807) is 12.1 Å². The van der Waals surface area contributed by atoms with Crippen LogP contribution in [-0.2, 0) is 4.79 Å². The van der Waals surface area contributed by atoms with Gasteiger partial charge in [-0.2, -0.15) is 0 Å². The number of benzene rings is 1. The molecule has 0 atom stereocenters. The van der Waals surface area contributed by atoms with Crippen LogP contribution in [-0.4, -0.2) is 40.7 Å². The Morgan fingerprint density at radius 1 is 1.12 bits per heavy atom. The highest BCUT2D eigenvalue weighted by atomic mass is 16.5. The van der Waals surface area contributed by atoms with Crippen molar-refractivity contribution in [1.29, 1.82) is 0 Å². The van der Waals surface area contributed by atoms with Gasteiger partial charge in [0.05, 0.1) is 0 Å². The number of rotatable bonds is 8. The molecule has 0 bridgehead atoms. The van der Waals surface area contributed by atoms with Crippen LogP contribution in [0.4, 0.5) is 0 Å². The van der Waals surface area contributed by atoms with Crippen LogP contribution in [0.3, 0.4) is 0 Å². The van der Waals surface area contributed by atoms with Gasteiger partial charge in [0.25, 0.3) is 5.91 Å². The van der Waals surface area contributed by atoms with Crippen molar-refractivity contribution in [2.24, 2.45) is 11.8 Å². The van der Waals surface area contributed by atoms with Gasteiger partial charge in [-0.25, -0.2) is 0 Å². The summed E-state index contributed by atoms with van der Waals surface area (Å²) in [7, 11) is 0. The lowest BCUT2D eigenvalue weighted by Crippen LogP contribution is -2.39. The van der Waals surface area contributed by atoms with Crippen LogP contribution in [0.25, 0.3) is 11.5 Å². The van der Waals surface area contributed by atoms with E-state index in [9.17, 15) is 4.79 Å². The number of carbonyl (C=O) groups is 1. The third-order valence-corrected chi connectivity index (χ3v) is 3.35. The standard InChI is InChI=1S/C18H25N3O3/c1-13(2)9-21(10-14(3)4)17(22)11-23-16-7-5-15(6-8-16)18-20-19-12-24-18/h5-8,12-14H,9-11H2,1-4H3. The maximum absolute atomic E-state index is 12.4. The second-order valence-electron chi connectivity index (χ2n) is 6.64. The molecule has 2 aromatic rings. The van der Waals surface area contributed by atoms with Crippen molar-refractivity contribution in [2.45, 2.75) is 27.7 Å². The van der Waals surface area contributed by atoms with Crippen molar-refractivity contribution in [2.75, 3.05) is 19.7 Å². The molecule has 0 aliphatic carbocycles. The van der Waals surface area contributed by atoms with Gasteiger partial charge < -0.3 is 14.1 Å². The van der Waals surface area contributed by atoms with E-state index in [-0.39, 0.29) is 12.5 Å². The zero-order valence-electron chi connectivity index (χ0n) is 14.7. The molecule has 0 radical (unpaired) electrons. The average Bonchev–Trinajstić information content (AvgIpc) is 3.06. The molecule has 1 amide bonds. The number of hydrogen-bond donors (Lipinski definition) is 0. The van der Waals surface area contributed by atoms with E-state index < -0.39 is 0 Å². The number of amides is 1. The van der Waals surface area contributed by atoms with Crippen molar-refractivity contribution in [1.82, 2.24) is 15.1 Å². The molecule has 0 spiro atoms. The van der Waals surface area contributed by atoms with Gasteiger partial charge in [0, 0.05) is 18.7 Å². The zero-order chi connectivity index (χ0) is 17.5. The molecule has 2 rings (SSSR count). The normalized spacial score (nSPS) is 11.1. The van der Waals surface area contributed by atoms with Gasteiger partial charge in [0.1, 0.15) is 5.75 Å². The highest BCUT2D eigenvalue weighted by Crippen LogP contribution is 2.20. The van der Waals surface area contributed by atoms with Crippen LogP contribution in [0.15, 0.2) is 35.1 Å². The van der Waals surface area contributed by atoms with Crippen molar-refractivity contribution >= 4 is 5.91 Å². The molecule has 0 fully saturated rings. The molecule has 6 heteroatoms. The Morgan fingerprint density at radius 3 is 2.25 bits per heavy atom. The van der Waals surface area contributed by atoms with E-state index in [0.717, 1.165) is 18.7 Å². The summed E-state index contributed by atoms with van der Waals surface area (Å²) in [4.78, 5) is 14.3. The van der Waals surface area contributed by atoms with Crippen LogP contribution in [0.2, 0.25) is 0 Å². The molecule has 1 aromatic heterocycles. The smallest absolute Gasteiger partial charge is 0.260 e. The van der Waals surface area contributed by atoms with Gasteiger partial charge in [-0.05, 0) is 36.1 Å². The summed E-state index contributed by atoms with van der Waals surface area (Å²) in [5, 5.41) is 7.50. The summed E-state index contributed by atoms with van der Waals surface area (Å²) in [5.74, 6) is 1.97. The first-order valence-corrected chi connectivity index (χ1v) is 8.23. The minimum Gasteiger partial charge on any atom is -0.484 e. The third-order valence-electron chi connectivity index (χ3n) is 3.35. The Labute approximate surface area is 142 Å². The third kappa shape index (κ3) is 5.37. The molecule has 0 N–H and O–H groups in total. The van der Waals surface area contributed by atoms with E-state index in [0.29, 0.717) is 23.5 Å². The summed E-state index contributed by atoms with van der Waals surface area (Å²) < 4.78 is 10.8. The quantitative estimate of drug-likeness (QED) is 0.742. The highest BCUT2D eigenvalue weighted by molar-refractivity contribution is 5.77. The van der Waals surface area contributed by atoms with Crippen molar-refractivity contribution in [3.05, 3.63) is 30.7 Å². The molecule has 0 aliphatic heterocycles. The number of ether oxygens (including phenoxy) is 1. The topological polar surface area (TPSA) is 68.5 Å². The summed E-state index contributed by atoms with van der Waals surface area (Å²) in [6.45, 7) is 9.97. The lowest BCUT2D eigenvalue weighted by Gasteiger charge is -2.26. The number of aromatic nitrogens is 2. The van der Waals surface area contributed by atoms with Crippen molar-refractivity contribution in [3.8, 4) is 17.2 Å². The fourth-order valence-electron chi connectivity index (χ4n) is 2.39. The second kappa shape index (κ2) is 8.47. The lowest BCUT2D eigenvalue weighted by molar-refractivity contribution is -0.134. The van der Waals surface area contributed by atoms with E-state index in [4.69, 9.17) is 9.15 Å². The van der Waals surface area contributed by atoms with Gasteiger partial charge in [-0.1, -0.05) is 27.7 Å². The molecular weight excluding hydrogens is 306 g/mol. The maximum Gasteiger partial charge on any atom is 0.260 e. The maximum atomic E-state index is 12.4. The van der Waals surface area contributed by atoms with Crippen LogP contribution in [0.5, 0.6) is 5.75 Å². The SMILES string of the molecule is CC(C)CN(CC(C)C)C(=O)COc1ccc(-c2nnco2)cc1. The van der Waals surface area contributed by atoms with Gasteiger partial charge in [0.2, 0.25) is 12.3 Å². The van der Waals surface area contributed by atoms with Crippen LogP contribution < -0.4 is 4.74 Å². The molecule has 0 aliphatic rings. The van der Waals surface area contributed by atoms with Crippen LogP contribution >= 0.6 is 0 Å². The lowest BCUT2D eigenvalue weighted by atomic mass is 10.1. The first-order chi connectivity index (χ1) is 11.5. The molecule has 24 heavy (non-hydrogen) atoms. The van der Waals surface area contributed by atoms with Gasteiger partial charge >= 0.3 is 0 Å². The number of carbonyl (C=O) groups excluding carboxylic acids is 1. The minimum atomic E-state index is 0.0124. The second-order valence-corrected chi connectivity index (χ2v) is 6.64. The van der Waals surface area contributed by atoms with E-state index in [1.165, 1.54) is 6.39 Å².